The van der Waals surface area contributed by atoms with Crippen molar-refractivity contribution in [3.8, 4) is 0 Å². The van der Waals surface area contributed by atoms with Crippen LogP contribution in [0.3, 0.4) is 0 Å². The molecule has 2 atom stereocenters. The molecule has 1 saturated carbocycles. The third-order valence-corrected chi connectivity index (χ3v) is 3.14. The van der Waals surface area contributed by atoms with Gasteiger partial charge in [-0.2, -0.15) is 0 Å². The van der Waals surface area contributed by atoms with Crippen LogP contribution < -0.4 is 5.73 Å². The summed E-state index contributed by atoms with van der Waals surface area (Å²) in [5, 5.41) is 9.15. The van der Waals surface area contributed by atoms with Crippen molar-refractivity contribution in [2.24, 2.45) is 5.73 Å². The van der Waals surface area contributed by atoms with E-state index < -0.39 is 0 Å². The van der Waals surface area contributed by atoms with E-state index in [1.807, 2.05) is 0 Å². The summed E-state index contributed by atoms with van der Waals surface area (Å²) in [7, 11) is 0. The molecule has 0 amide bonds. The third-order valence-electron chi connectivity index (χ3n) is 3.14. The number of aliphatic hydroxyl groups excluding tert-OH is 1. The number of nitrogens with zero attached hydrogens (tertiary/aromatic N) is 1. The minimum absolute atomic E-state index is 0.0841. The minimum Gasteiger partial charge on any atom is -0.390 e. The van der Waals surface area contributed by atoms with Gasteiger partial charge in [0.1, 0.15) is 0 Å². The molecule has 70 valence electrons. The van der Waals surface area contributed by atoms with Crippen LogP contribution in [0.4, 0.5) is 0 Å². The Hall–Kier alpha value is -0.120. The SMILES string of the molecule is NC1CCCCC1N1CC(O)C1. The second kappa shape index (κ2) is 3.32. The lowest BCUT2D eigenvalue weighted by Crippen LogP contribution is -2.60. The molecule has 3 N–H and O–H groups in total. The maximum atomic E-state index is 9.15. The zero-order chi connectivity index (χ0) is 8.55. The quantitative estimate of drug-likeness (QED) is 0.579. The lowest BCUT2D eigenvalue weighted by molar-refractivity contribution is -0.0380. The van der Waals surface area contributed by atoms with Crippen molar-refractivity contribution in [3.05, 3.63) is 0 Å². The van der Waals surface area contributed by atoms with Crippen LogP contribution in [0.1, 0.15) is 25.7 Å². The summed E-state index contributed by atoms with van der Waals surface area (Å²) >= 11 is 0. The van der Waals surface area contributed by atoms with Gasteiger partial charge < -0.3 is 10.8 Å². The van der Waals surface area contributed by atoms with Gasteiger partial charge >= 0.3 is 0 Å². The molecule has 3 nitrogen and oxygen atoms in total. The molecule has 0 aromatic rings. The van der Waals surface area contributed by atoms with Crippen LogP contribution in [0.15, 0.2) is 0 Å². The minimum atomic E-state index is -0.0841. The van der Waals surface area contributed by atoms with Crippen molar-refractivity contribution in [1.82, 2.24) is 4.90 Å². The number of hydrogen-bond acceptors (Lipinski definition) is 3. The first-order valence-corrected chi connectivity index (χ1v) is 4.95. The fourth-order valence-corrected chi connectivity index (χ4v) is 2.35. The third kappa shape index (κ3) is 1.49. The van der Waals surface area contributed by atoms with Gasteiger partial charge in [-0.1, -0.05) is 12.8 Å². The highest BCUT2D eigenvalue weighted by molar-refractivity contribution is 4.92. The summed E-state index contributed by atoms with van der Waals surface area (Å²) in [6.45, 7) is 1.69. The highest BCUT2D eigenvalue weighted by Gasteiger charge is 2.34. The summed E-state index contributed by atoms with van der Waals surface area (Å²) in [4.78, 5) is 2.33. The molecule has 0 radical (unpaired) electrons. The van der Waals surface area contributed by atoms with Gasteiger partial charge in [-0.05, 0) is 12.8 Å². The molecular weight excluding hydrogens is 152 g/mol. The van der Waals surface area contributed by atoms with E-state index >= 15 is 0 Å². The topological polar surface area (TPSA) is 49.5 Å². The number of rotatable bonds is 1. The van der Waals surface area contributed by atoms with Gasteiger partial charge in [0.15, 0.2) is 0 Å². The molecule has 0 spiro atoms. The highest BCUT2D eigenvalue weighted by atomic mass is 16.3. The molecule has 0 aromatic carbocycles. The monoisotopic (exact) mass is 170 g/mol. The first-order valence-electron chi connectivity index (χ1n) is 4.95. The Labute approximate surface area is 73.5 Å². The van der Waals surface area contributed by atoms with Gasteiger partial charge in [0.25, 0.3) is 0 Å². The Morgan fingerprint density at radius 2 is 1.83 bits per heavy atom. The lowest BCUT2D eigenvalue weighted by Gasteiger charge is -2.45. The van der Waals surface area contributed by atoms with Gasteiger partial charge in [-0.25, -0.2) is 0 Å². The fourth-order valence-electron chi connectivity index (χ4n) is 2.35. The predicted octanol–water partition coefficient (Wildman–Crippen LogP) is -0.0672. The second-order valence-corrected chi connectivity index (χ2v) is 4.12. The van der Waals surface area contributed by atoms with Gasteiger partial charge in [0, 0.05) is 25.2 Å². The molecule has 2 aliphatic rings. The van der Waals surface area contributed by atoms with E-state index in [2.05, 4.69) is 4.90 Å². The number of aliphatic hydroxyl groups is 1. The molecule has 1 aliphatic carbocycles. The molecule has 1 heterocycles. The van der Waals surface area contributed by atoms with Crippen LogP contribution in [0.5, 0.6) is 0 Å². The Morgan fingerprint density at radius 1 is 1.17 bits per heavy atom. The zero-order valence-electron chi connectivity index (χ0n) is 7.45. The molecule has 3 heteroatoms. The van der Waals surface area contributed by atoms with Crippen LogP contribution in [0.25, 0.3) is 0 Å². The molecule has 1 saturated heterocycles. The molecule has 2 fully saturated rings. The van der Waals surface area contributed by atoms with Gasteiger partial charge in [-0.15, -0.1) is 0 Å². The standard InChI is InChI=1S/C9H18N2O/c10-8-3-1-2-4-9(8)11-5-7(12)6-11/h7-9,12H,1-6,10H2. The average Bonchev–Trinajstić information content (AvgIpc) is 2.01. The summed E-state index contributed by atoms with van der Waals surface area (Å²) in [6, 6.07) is 0.911. The Bertz CT molecular complexity index is 157. The molecular formula is C9H18N2O. The molecule has 1 aliphatic heterocycles. The van der Waals surface area contributed by atoms with Crippen molar-refractivity contribution >= 4 is 0 Å². The van der Waals surface area contributed by atoms with Crippen molar-refractivity contribution in [2.75, 3.05) is 13.1 Å². The molecule has 0 bridgehead atoms. The predicted molar refractivity (Wildman–Crippen MR) is 47.8 cm³/mol. The molecule has 2 unspecified atom stereocenters. The maximum absolute atomic E-state index is 9.15. The summed E-state index contributed by atoms with van der Waals surface area (Å²) in [5.41, 5.74) is 6.01. The van der Waals surface area contributed by atoms with Gasteiger partial charge in [0.2, 0.25) is 0 Å². The molecule has 2 rings (SSSR count). The number of β-amino-alcohol motifs (C(OH)–C–C–N with tert-alkyl or cyclic N) is 1. The van der Waals surface area contributed by atoms with Crippen LogP contribution in [-0.2, 0) is 0 Å². The Kier molecular flexibility index (Phi) is 2.35. The van der Waals surface area contributed by atoms with Gasteiger partial charge in [0.05, 0.1) is 6.10 Å². The fraction of sp³-hybridized carbons (Fsp3) is 1.00. The van der Waals surface area contributed by atoms with Crippen molar-refractivity contribution in [1.29, 1.82) is 0 Å². The summed E-state index contributed by atoms with van der Waals surface area (Å²) < 4.78 is 0. The molecule has 12 heavy (non-hydrogen) atoms. The van der Waals surface area contributed by atoms with Crippen LogP contribution >= 0.6 is 0 Å². The highest BCUT2D eigenvalue weighted by Crippen LogP contribution is 2.25. The Morgan fingerprint density at radius 3 is 2.42 bits per heavy atom. The van der Waals surface area contributed by atoms with Gasteiger partial charge in [-0.3, -0.25) is 4.90 Å². The van der Waals surface area contributed by atoms with E-state index in [1.165, 1.54) is 19.3 Å². The molecule has 0 aromatic heterocycles. The second-order valence-electron chi connectivity index (χ2n) is 4.12. The van der Waals surface area contributed by atoms with E-state index in [0.29, 0.717) is 12.1 Å². The zero-order valence-corrected chi connectivity index (χ0v) is 7.45. The van der Waals surface area contributed by atoms with E-state index in [1.54, 1.807) is 0 Å². The van der Waals surface area contributed by atoms with Crippen LogP contribution in [0, 0.1) is 0 Å². The summed E-state index contributed by atoms with van der Waals surface area (Å²) in [6.07, 6.45) is 4.91. The van der Waals surface area contributed by atoms with Crippen LogP contribution in [-0.4, -0.2) is 41.3 Å². The van der Waals surface area contributed by atoms with Crippen LogP contribution in [0.2, 0.25) is 0 Å². The first-order chi connectivity index (χ1) is 5.77. The van der Waals surface area contributed by atoms with E-state index in [-0.39, 0.29) is 6.10 Å². The summed E-state index contributed by atoms with van der Waals surface area (Å²) in [5.74, 6) is 0. The Balaban J connectivity index is 1.85. The van der Waals surface area contributed by atoms with Crippen molar-refractivity contribution in [3.63, 3.8) is 0 Å². The van der Waals surface area contributed by atoms with Crippen molar-refractivity contribution < 1.29 is 5.11 Å². The average molecular weight is 170 g/mol. The van der Waals surface area contributed by atoms with E-state index in [9.17, 15) is 0 Å². The number of hydrogen-bond donors (Lipinski definition) is 2. The maximum Gasteiger partial charge on any atom is 0.0794 e. The number of likely N-dealkylation sites (tertiary alicyclic amines) is 1. The normalized spacial score (nSPS) is 39.5. The lowest BCUT2D eigenvalue weighted by atomic mass is 9.88. The largest absolute Gasteiger partial charge is 0.390 e. The van der Waals surface area contributed by atoms with E-state index in [0.717, 1.165) is 19.5 Å². The first kappa shape index (κ1) is 8.48. The van der Waals surface area contributed by atoms with Crippen molar-refractivity contribution in [2.45, 2.75) is 43.9 Å². The number of nitrogens with two attached hydrogens (primary N) is 1. The van der Waals surface area contributed by atoms with E-state index in [4.69, 9.17) is 10.8 Å². The smallest absolute Gasteiger partial charge is 0.0794 e.